The fourth-order valence-electron chi connectivity index (χ4n) is 2.79. The van der Waals surface area contributed by atoms with Crippen molar-refractivity contribution in [1.82, 2.24) is 15.0 Å². The van der Waals surface area contributed by atoms with Gasteiger partial charge in [0.2, 0.25) is 0 Å². The van der Waals surface area contributed by atoms with Crippen molar-refractivity contribution in [1.29, 1.82) is 0 Å². The molecule has 0 saturated carbocycles. The van der Waals surface area contributed by atoms with Gasteiger partial charge in [-0.15, -0.1) is 0 Å². The van der Waals surface area contributed by atoms with Crippen LogP contribution < -0.4 is 4.74 Å². The van der Waals surface area contributed by atoms with E-state index >= 15 is 0 Å². The minimum atomic E-state index is -0.557. The molecule has 1 aliphatic rings. The SMILES string of the molecule is COc1ccc(C(=O)N2CCN(Cc3cc(C)no3)CC2)c(F)c1. The first-order valence-corrected chi connectivity index (χ1v) is 7.84. The van der Waals surface area contributed by atoms with Crippen molar-refractivity contribution in [3.63, 3.8) is 0 Å². The lowest BCUT2D eigenvalue weighted by molar-refractivity contribution is 0.0613. The molecule has 1 fully saturated rings. The fourth-order valence-corrected chi connectivity index (χ4v) is 2.79. The highest BCUT2D eigenvalue weighted by Gasteiger charge is 2.24. The molecule has 7 heteroatoms. The van der Waals surface area contributed by atoms with Crippen LogP contribution in [-0.2, 0) is 6.54 Å². The summed E-state index contributed by atoms with van der Waals surface area (Å²) in [6.45, 7) is 5.08. The molecule has 6 nitrogen and oxygen atoms in total. The molecule has 24 heavy (non-hydrogen) atoms. The van der Waals surface area contributed by atoms with Crippen LogP contribution in [0.5, 0.6) is 5.75 Å². The Kier molecular flexibility index (Phi) is 4.80. The number of hydrogen-bond donors (Lipinski definition) is 0. The monoisotopic (exact) mass is 333 g/mol. The van der Waals surface area contributed by atoms with Gasteiger partial charge in [0.05, 0.1) is 24.9 Å². The molecule has 0 bridgehead atoms. The maximum atomic E-state index is 14.1. The summed E-state index contributed by atoms with van der Waals surface area (Å²) in [5.41, 5.74) is 0.934. The fraction of sp³-hybridized carbons (Fsp3) is 0.412. The molecule has 2 aromatic rings. The first kappa shape index (κ1) is 16.4. The van der Waals surface area contributed by atoms with Crippen molar-refractivity contribution in [3.8, 4) is 5.75 Å². The molecule has 128 valence electrons. The molecule has 0 N–H and O–H groups in total. The normalized spacial score (nSPS) is 15.5. The molecule has 1 amide bonds. The minimum absolute atomic E-state index is 0.0788. The predicted molar refractivity (Wildman–Crippen MR) is 85.4 cm³/mol. The van der Waals surface area contributed by atoms with Gasteiger partial charge in [0.25, 0.3) is 5.91 Å². The summed E-state index contributed by atoms with van der Waals surface area (Å²) < 4.78 is 24.2. The van der Waals surface area contributed by atoms with Gasteiger partial charge in [-0.2, -0.15) is 0 Å². The number of benzene rings is 1. The molecule has 0 atom stereocenters. The van der Waals surface area contributed by atoms with Crippen LogP contribution in [0.2, 0.25) is 0 Å². The van der Waals surface area contributed by atoms with Crippen molar-refractivity contribution in [2.75, 3.05) is 33.3 Å². The Bertz CT molecular complexity index is 724. The van der Waals surface area contributed by atoms with Crippen LogP contribution in [0.15, 0.2) is 28.8 Å². The van der Waals surface area contributed by atoms with Gasteiger partial charge in [0, 0.05) is 38.3 Å². The van der Waals surface area contributed by atoms with Crippen molar-refractivity contribution >= 4 is 5.91 Å². The second-order valence-corrected chi connectivity index (χ2v) is 5.85. The van der Waals surface area contributed by atoms with E-state index in [9.17, 15) is 9.18 Å². The van der Waals surface area contributed by atoms with Crippen molar-refractivity contribution in [3.05, 3.63) is 47.1 Å². The molecule has 1 aliphatic heterocycles. The van der Waals surface area contributed by atoms with Gasteiger partial charge in [-0.25, -0.2) is 4.39 Å². The first-order chi connectivity index (χ1) is 11.6. The quantitative estimate of drug-likeness (QED) is 0.857. The zero-order valence-corrected chi connectivity index (χ0v) is 13.8. The highest BCUT2D eigenvalue weighted by atomic mass is 19.1. The number of hydrogen-bond acceptors (Lipinski definition) is 5. The van der Waals surface area contributed by atoms with Gasteiger partial charge < -0.3 is 14.2 Å². The van der Waals surface area contributed by atoms with Gasteiger partial charge in [-0.1, -0.05) is 5.16 Å². The number of halogens is 1. The minimum Gasteiger partial charge on any atom is -0.497 e. The number of carbonyl (C=O) groups excluding carboxylic acids is 1. The summed E-state index contributed by atoms with van der Waals surface area (Å²) >= 11 is 0. The van der Waals surface area contributed by atoms with Crippen LogP contribution in [0.25, 0.3) is 0 Å². The molecule has 0 radical (unpaired) electrons. The Hall–Kier alpha value is -2.41. The number of rotatable bonds is 4. The van der Waals surface area contributed by atoms with Crippen molar-refractivity contribution in [2.45, 2.75) is 13.5 Å². The molecule has 1 saturated heterocycles. The number of aromatic nitrogens is 1. The summed E-state index contributed by atoms with van der Waals surface area (Å²) in [6.07, 6.45) is 0. The summed E-state index contributed by atoms with van der Waals surface area (Å²) in [6, 6.07) is 6.21. The summed E-state index contributed by atoms with van der Waals surface area (Å²) in [4.78, 5) is 16.3. The maximum Gasteiger partial charge on any atom is 0.256 e. The third-order valence-electron chi connectivity index (χ3n) is 4.12. The van der Waals surface area contributed by atoms with Crippen LogP contribution in [0.3, 0.4) is 0 Å². The van der Waals surface area contributed by atoms with Crippen molar-refractivity contribution in [2.24, 2.45) is 0 Å². The van der Waals surface area contributed by atoms with E-state index in [1.54, 1.807) is 11.0 Å². The number of ether oxygens (including phenoxy) is 1. The Morgan fingerprint density at radius 1 is 1.29 bits per heavy atom. The second-order valence-electron chi connectivity index (χ2n) is 5.85. The van der Waals surface area contributed by atoms with Crippen molar-refractivity contribution < 1.29 is 18.4 Å². The summed E-state index contributed by atoms with van der Waals surface area (Å²) in [5, 5.41) is 3.87. The zero-order chi connectivity index (χ0) is 17.1. The van der Waals surface area contributed by atoms with Gasteiger partial charge in [0.1, 0.15) is 11.6 Å². The van der Waals surface area contributed by atoms with Crippen LogP contribution in [-0.4, -0.2) is 54.2 Å². The number of piperazine rings is 1. The van der Waals surface area contributed by atoms with Gasteiger partial charge in [-0.3, -0.25) is 9.69 Å². The van der Waals surface area contributed by atoms with E-state index < -0.39 is 5.82 Å². The lowest BCUT2D eigenvalue weighted by Gasteiger charge is -2.34. The maximum absolute atomic E-state index is 14.1. The van der Waals surface area contributed by atoms with Crippen LogP contribution in [0, 0.1) is 12.7 Å². The van der Waals surface area contributed by atoms with Gasteiger partial charge in [-0.05, 0) is 19.1 Å². The predicted octanol–water partition coefficient (Wildman–Crippen LogP) is 2.09. The number of methoxy groups -OCH3 is 1. The largest absolute Gasteiger partial charge is 0.497 e. The van der Waals surface area contributed by atoms with E-state index in [0.717, 1.165) is 11.5 Å². The van der Waals surface area contributed by atoms with Gasteiger partial charge in [0.15, 0.2) is 5.76 Å². The van der Waals surface area contributed by atoms with Crippen LogP contribution in [0.1, 0.15) is 21.8 Å². The molecule has 0 unspecified atom stereocenters. The van der Waals surface area contributed by atoms with E-state index in [4.69, 9.17) is 9.26 Å². The summed E-state index contributed by atoms with van der Waals surface area (Å²) in [5.74, 6) is 0.369. The molecule has 3 rings (SSSR count). The number of aryl methyl sites for hydroxylation is 1. The average Bonchev–Trinajstić information content (AvgIpc) is 2.99. The Balaban J connectivity index is 1.59. The Morgan fingerprint density at radius 2 is 2.04 bits per heavy atom. The van der Waals surface area contributed by atoms with E-state index in [2.05, 4.69) is 10.1 Å². The van der Waals surface area contributed by atoms with E-state index in [1.165, 1.54) is 19.2 Å². The molecule has 0 spiro atoms. The number of amides is 1. The topological polar surface area (TPSA) is 58.8 Å². The van der Waals surface area contributed by atoms with E-state index in [1.807, 2.05) is 13.0 Å². The smallest absolute Gasteiger partial charge is 0.256 e. The Morgan fingerprint density at radius 3 is 2.62 bits per heavy atom. The lowest BCUT2D eigenvalue weighted by atomic mass is 10.1. The summed E-state index contributed by atoms with van der Waals surface area (Å²) in [7, 11) is 1.46. The molecule has 2 heterocycles. The van der Waals surface area contributed by atoms with E-state index in [0.29, 0.717) is 38.5 Å². The molecule has 0 aliphatic carbocycles. The highest BCUT2D eigenvalue weighted by Crippen LogP contribution is 2.19. The lowest BCUT2D eigenvalue weighted by Crippen LogP contribution is -2.48. The molecular formula is C17H20FN3O3. The van der Waals surface area contributed by atoms with E-state index in [-0.39, 0.29) is 11.5 Å². The van der Waals surface area contributed by atoms with Gasteiger partial charge >= 0.3 is 0 Å². The zero-order valence-electron chi connectivity index (χ0n) is 13.8. The number of carbonyl (C=O) groups is 1. The average molecular weight is 333 g/mol. The number of nitrogens with zero attached hydrogens (tertiary/aromatic N) is 3. The second kappa shape index (κ2) is 7.00. The highest BCUT2D eigenvalue weighted by molar-refractivity contribution is 5.94. The molecular weight excluding hydrogens is 313 g/mol. The van der Waals surface area contributed by atoms with Crippen LogP contribution in [0.4, 0.5) is 4.39 Å². The third kappa shape index (κ3) is 3.56. The standard InChI is InChI=1S/C17H20FN3O3/c1-12-9-14(24-19-12)11-20-5-7-21(8-6-20)17(22)15-4-3-13(23-2)10-16(15)18/h3-4,9-10H,5-8,11H2,1-2H3. The Labute approximate surface area is 139 Å². The molecule has 1 aromatic heterocycles. The first-order valence-electron chi connectivity index (χ1n) is 7.84. The third-order valence-corrected chi connectivity index (χ3v) is 4.12. The van der Waals surface area contributed by atoms with Crippen LogP contribution >= 0.6 is 0 Å². The molecule has 1 aromatic carbocycles.